The minimum atomic E-state index is -4.12. The van der Waals surface area contributed by atoms with Crippen LogP contribution < -0.4 is 0 Å². The SMILES string of the molecule is C=CC(/C=C\CC(F)(F)F)=C/C(C)C. The summed E-state index contributed by atoms with van der Waals surface area (Å²) in [5, 5.41) is 0. The second-order valence-electron chi connectivity index (χ2n) is 3.34. The summed E-state index contributed by atoms with van der Waals surface area (Å²) in [4.78, 5) is 0. The van der Waals surface area contributed by atoms with Gasteiger partial charge in [-0.15, -0.1) is 0 Å². The van der Waals surface area contributed by atoms with Crippen LogP contribution in [0.5, 0.6) is 0 Å². The van der Waals surface area contributed by atoms with Crippen LogP contribution in [0.4, 0.5) is 13.2 Å². The van der Waals surface area contributed by atoms with Crippen molar-refractivity contribution in [2.45, 2.75) is 26.4 Å². The van der Waals surface area contributed by atoms with Crippen molar-refractivity contribution in [1.82, 2.24) is 0 Å². The van der Waals surface area contributed by atoms with Crippen LogP contribution in [-0.2, 0) is 0 Å². The zero-order valence-electron chi connectivity index (χ0n) is 8.43. The van der Waals surface area contributed by atoms with E-state index in [1.54, 1.807) is 6.08 Å². The third-order valence-corrected chi connectivity index (χ3v) is 1.42. The highest BCUT2D eigenvalue weighted by Crippen LogP contribution is 2.20. The highest BCUT2D eigenvalue weighted by molar-refractivity contribution is 5.29. The zero-order valence-corrected chi connectivity index (χ0v) is 8.43. The van der Waals surface area contributed by atoms with Gasteiger partial charge in [0.2, 0.25) is 0 Å². The van der Waals surface area contributed by atoms with Gasteiger partial charge < -0.3 is 0 Å². The normalized spacial score (nSPS) is 14.0. The Morgan fingerprint density at radius 3 is 2.29 bits per heavy atom. The molecule has 0 aliphatic rings. The lowest BCUT2D eigenvalue weighted by molar-refractivity contribution is -0.125. The third-order valence-electron chi connectivity index (χ3n) is 1.42. The van der Waals surface area contributed by atoms with Gasteiger partial charge in [0.25, 0.3) is 0 Å². The van der Waals surface area contributed by atoms with E-state index in [1.165, 1.54) is 6.08 Å². The first kappa shape index (κ1) is 13.0. The molecular weight excluding hydrogens is 189 g/mol. The van der Waals surface area contributed by atoms with E-state index in [4.69, 9.17) is 0 Å². The standard InChI is InChI=1S/C11H15F3/c1-4-10(8-9(2)3)6-5-7-11(12,13)14/h4-6,8-9H,1,7H2,2-3H3/b6-5-,10-8-. The summed E-state index contributed by atoms with van der Waals surface area (Å²) < 4.78 is 35.3. The fraction of sp³-hybridized carbons (Fsp3) is 0.455. The number of rotatable bonds is 4. The molecule has 0 nitrogen and oxygen atoms in total. The first-order valence-corrected chi connectivity index (χ1v) is 4.42. The average molecular weight is 204 g/mol. The quantitative estimate of drug-likeness (QED) is 0.600. The minimum Gasteiger partial charge on any atom is -0.171 e. The summed E-state index contributed by atoms with van der Waals surface area (Å²) in [6.45, 7) is 7.45. The molecule has 0 rings (SSSR count). The highest BCUT2D eigenvalue weighted by atomic mass is 19.4. The smallest absolute Gasteiger partial charge is 0.171 e. The molecule has 0 fully saturated rings. The monoisotopic (exact) mass is 204 g/mol. The maximum atomic E-state index is 11.8. The predicted molar refractivity (Wildman–Crippen MR) is 52.9 cm³/mol. The molecule has 0 spiro atoms. The van der Waals surface area contributed by atoms with Crippen molar-refractivity contribution in [3.05, 3.63) is 36.5 Å². The molecule has 14 heavy (non-hydrogen) atoms. The van der Waals surface area contributed by atoms with Crippen molar-refractivity contribution in [3.63, 3.8) is 0 Å². The van der Waals surface area contributed by atoms with E-state index in [9.17, 15) is 13.2 Å². The van der Waals surface area contributed by atoms with Crippen LogP contribution in [0, 0.1) is 5.92 Å². The molecule has 0 amide bonds. The molecular formula is C11H15F3. The maximum Gasteiger partial charge on any atom is 0.392 e. The third kappa shape index (κ3) is 7.65. The van der Waals surface area contributed by atoms with Gasteiger partial charge in [-0.1, -0.05) is 44.7 Å². The number of alkyl halides is 3. The number of hydrogen-bond acceptors (Lipinski definition) is 0. The van der Waals surface area contributed by atoms with Crippen LogP contribution in [0.15, 0.2) is 36.5 Å². The van der Waals surface area contributed by atoms with Crippen molar-refractivity contribution < 1.29 is 13.2 Å². The lowest BCUT2D eigenvalue weighted by Gasteiger charge is -2.01. The summed E-state index contributed by atoms with van der Waals surface area (Å²) >= 11 is 0. The van der Waals surface area contributed by atoms with Gasteiger partial charge in [0, 0.05) is 0 Å². The van der Waals surface area contributed by atoms with Gasteiger partial charge in [-0.25, -0.2) is 0 Å². The van der Waals surface area contributed by atoms with E-state index in [0.717, 1.165) is 11.6 Å². The Bertz CT molecular complexity index is 231. The molecule has 0 saturated carbocycles. The van der Waals surface area contributed by atoms with Crippen LogP contribution in [-0.4, -0.2) is 6.18 Å². The van der Waals surface area contributed by atoms with Crippen LogP contribution in [0.2, 0.25) is 0 Å². The van der Waals surface area contributed by atoms with Gasteiger partial charge in [0.15, 0.2) is 0 Å². The fourth-order valence-electron chi connectivity index (χ4n) is 0.905. The van der Waals surface area contributed by atoms with Crippen molar-refractivity contribution in [3.8, 4) is 0 Å². The Hall–Kier alpha value is -0.990. The first-order valence-electron chi connectivity index (χ1n) is 4.42. The van der Waals surface area contributed by atoms with Crippen molar-refractivity contribution in [2.75, 3.05) is 0 Å². The van der Waals surface area contributed by atoms with Crippen LogP contribution >= 0.6 is 0 Å². The van der Waals surface area contributed by atoms with Crippen LogP contribution in [0.3, 0.4) is 0 Å². The topological polar surface area (TPSA) is 0 Å². The summed E-state index contributed by atoms with van der Waals surface area (Å²) in [5.41, 5.74) is 0.726. The number of allylic oxidation sites excluding steroid dienone is 5. The van der Waals surface area contributed by atoms with Gasteiger partial charge in [-0.05, 0) is 11.5 Å². The van der Waals surface area contributed by atoms with Crippen molar-refractivity contribution in [2.24, 2.45) is 5.92 Å². The molecule has 0 radical (unpaired) electrons. The molecule has 0 heterocycles. The molecule has 0 saturated heterocycles. The fourth-order valence-corrected chi connectivity index (χ4v) is 0.905. The van der Waals surface area contributed by atoms with E-state index in [1.807, 2.05) is 19.9 Å². The lowest BCUT2D eigenvalue weighted by Crippen LogP contribution is -2.04. The molecule has 80 valence electrons. The molecule has 0 unspecified atom stereocenters. The molecule has 0 N–H and O–H groups in total. The molecule has 0 aromatic heterocycles. The second-order valence-corrected chi connectivity index (χ2v) is 3.34. The Kier molecular flexibility index (Phi) is 5.28. The Labute approximate surface area is 82.8 Å². The molecule has 0 aromatic rings. The van der Waals surface area contributed by atoms with Gasteiger partial charge in [0.05, 0.1) is 6.42 Å². The average Bonchev–Trinajstić information content (AvgIpc) is 1.99. The van der Waals surface area contributed by atoms with E-state index in [-0.39, 0.29) is 0 Å². The van der Waals surface area contributed by atoms with Gasteiger partial charge >= 0.3 is 6.18 Å². The van der Waals surface area contributed by atoms with E-state index in [0.29, 0.717) is 5.92 Å². The molecule has 0 aliphatic carbocycles. The highest BCUT2D eigenvalue weighted by Gasteiger charge is 2.24. The summed E-state index contributed by atoms with van der Waals surface area (Å²) in [5.74, 6) is 0.304. The van der Waals surface area contributed by atoms with Gasteiger partial charge in [0.1, 0.15) is 0 Å². The van der Waals surface area contributed by atoms with Gasteiger partial charge in [-0.3, -0.25) is 0 Å². The lowest BCUT2D eigenvalue weighted by atomic mass is 10.1. The summed E-state index contributed by atoms with van der Waals surface area (Å²) in [6.07, 6.45) is 0.944. The Morgan fingerprint density at radius 1 is 1.36 bits per heavy atom. The molecule has 0 aliphatic heterocycles. The van der Waals surface area contributed by atoms with Crippen LogP contribution in [0.25, 0.3) is 0 Å². The van der Waals surface area contributed by atoms with E-state index in [2.05, 4.69) is 6.58 Å². The molecule has 0 atom stereocenters. The van der Waals surface area contributed by atoms with E-state index >= 15 is 0 Å². The molecule has 3 heteroatoms. The Balaban J connectivity index is 4.26. The number of halogens is 3. The first-order chi connectivity index (χ1) is 6.35. The number of hydrogen-bond donors (Lipinski definition) is 0. The Morgan fingerprint density at radius 2 is 1.93 bits per heavy atom. The predicted octanol–water partition coefficient (Wildman–Crippen LogP) is 4.26. The largest absolute Gasteiger partial charge is 0.392 e. The van der Waals surface area contributed by atoms with Crippen LogP contribution in [0.1, 0.15) is 20.3 Å². The van der Waals surface area contributed by atoms with Crippen molar-refractivity contribution >= 4 is 0 Å². The molecule has 0 bridgehead atoms. The maximum absolute atomic E-state index is 11.8. The second kappa shape index (κ2) is 5.68. The van der Waals surface area contributed by atoms with Crippen molar-refractivity contribution in [1.29, 1.82) is 0 Å². The van der Waals surface area contributed by atoms with Gasteiger partial charge in [-0.2, -0.15) is 13.2 Å². The van der Waals surface area contributed by atoms with E-state index < -0.39 is 12.6 Å². The minimum absolute atomic E-state index is 0.304. The summed E-state index contributed by atoms with van der Waals surface area (Å²) in [7, 11) is 0. The zero-order chi connectivity index (χ0) is 11.2. The summed E-state index contributed by atoms with van der Waals surface area (Å²) in [6, 6.07) is 0. The molecule has 0 aromatic carbocycles.